The molecule has 184 valence electrons. The number of hydrogen-bond donors (Lipinski definition) is 2. The van der Waals surface area contributed by atoms with Crippen molar-refractivity contribution < 1.29 is 18.0 Å². The van der Waals surface area contributed by atoms with Gasteiger partial charge in [-0.1, -0.05) is 17.4 Å². The first-order chi connectivity index (χ1) is 16.9. The number of carbonyl (C=O) groups excluding carboxylic acids is 1. The topological polar surface area (TPSA) is 113 Å². The summed E-state index contributed by atoms with van der Waals surface area (Å²) >= 11 is 0.843. The number of nitrogens with two attached hydrogens (primary N) is 1. The van der Waals surface area contributed by atoms with E-state index in [4.69, 9.17) is 11.0 Å². The fraction of sp³-hybridized carbons (Fsp3) is 0.391. The van der Waals surface area contributed by atoms with Crippen molar-refractivity contribution in [3.63, 3.8) is 0 Å². The van der Waals surface area contributed by atoms with Gasteiger partial charge >= 0.3 is 0 Å². The highest BCUT2D eigenvalue weighted by atomic mass is 32.1. The summed E-state index contributed by atoms with van der Waals surface area (Å²) in [5.74, 6) is -1.41. The molecule has 3 heterocycles. The van der Waals surface area contributed by atoms with E-state index in [-0.39, 0.29) is 27.3 Å². The van der Waals surface area contributed by atoms with E-state index in [0.29, 0.717) is 38.0 Å². The number of nitrogens with zero attached hydrogens (tertiary/aromatic N) is 5. The van der Waals surface area contributed by atoms with Crippen LogP contribution < -0.4 is 16.0 Å². The van der Waals surface area contributed by atoms with Crippen LogP contribution in [0.3, 0.4) is 0 Å². The van der Waals surface area contributed by atoms with Crippen LogP contribution in [0.1, 0.15) is 48.6 Å². The largest absolute Gasteiger partial charge is 0.389 e. The first-order valence-corrected chi connectivity index (χ1v) is 12.0. The number of rotatable bonds is 5. The van der Waals surface area contributed by atoms with Crippen molar-refractivity contribution in [3.8, 4) is 17.1 Å². The molecular weight excluding hydrogens is 479 g/mol. The van der Waals surface area contributed by atoms with Crippen LogP contribution in [0.2, 0.25) is 0 Å². The third kappa shape index (κ3) is 5.09. The monoisotopic (exact) mass is 503 g/mol. The Bertz CT molecular complexity index is 1220. The first-order valence-electron chi connectivity index (χ1n) is 11.2. The smallest absolute Gasteiger partial charge is 0.277 e. The summed E-state index contributed by atoms with van der Waals surface area (Å²) < 4.78 is 44.1. The molecule has 1 saturated carbocycles. The van der Waals surface area contributed by atoms with Crippen molar-refractivity contribution in [3.05, 3.63) is 41.7 Å². The van der Waals surface area contributed by atoms with Gasteiger partial charge in [0.1, 0.15) is 33.5 Å². The van der Waals surface area contributed by atoms with Crippen LogP contribution in [-0.2, 0) is 0 Å². The van der Waals surface area contributed by atoms with E-state index < -0.39 is 23.7 Å². The van der Waals surface area contributed by atoms with Crippen LogP contribution in [0.4, 0.5) is 29.7 Å². The lowest BCUT2D eigenvalue weighted by atomic mass is 10.2. The summed E-state index contributed by atoms with van der Waals surface area (Å²) in [5.41, 5.74) is 6.05. The van der Waals surface area contributed by atoms with E-state index in [9.17, 15) is 18.0 Å². The van der Waals surface area contributed by atoms with Crippen LogP contribution in [0, 0.1) is 23.5 Å². The van der Waals surface area contributed by atoms with Crippen LogP contribution in [-0.4, -0.2) is 39.9 Å². The van der Waals surface area contributed by atoms with Crippen molar-refractivity contribution >= 4 is 33.8 Å². The summed E-state index contributed by atoms with van der Waals surface area (Å²) in [5, 5.41) is 13.8. The summed E-state index contributed by atoms with van der Waals surface area (Å²) in [6.45, 7) is 4.69. The van der Waals surface area contributed by atoms with Gasteiger partial charge in [0.25, 0.3) is 5.91 Å². The third-order valence-corrected chi connectivity index (χ3v) is 6.81. The van der Waals surface area contributed by atoms with Crippen LogP contribution in [0.15, 0.2) is 24.4 Å². The van der Waals surface area contributed by atoms with E-state index in [0.717, 1.165) is 42.1 Å². The van der Waals surface area contributed by atoms with Crippen molar-refractivity contribution in [2.45, 2.75) is 44.3 Å². The molecule has 0 bridgehead atoms. The van der Waals surface area contributed by atoms with Crippen molar-refractivity contribution in [1.29, 1.82) is 5.26 Å². The Hall–Kier alpha value is -3.59. The average molecular weight is 504 g/mol. The highest BCUT2D eigenvalue weighted by molar-refractivity contribution is 7.19. The molecule has 3 N–H and O–H groups in total. The Balaban J connectivity index is 0.00000141. The normalized spacial score (nSPS) is 17.9. The van der Waals surface area contributed by atoms with Gasteiger partial charge in [-0.05, 0) is 44.2 Å². The molecule has 0 unspecified atom stereocenters. The van der Waals surface area contributed by atoms with Crippen molar-refractivity contribution in [2.24, 2.45) is 0 Å². The standard InChI is InChI=1S/C22H23F3N6OS.CHN/c23-12-3-2-9-30(10-8-12)22-16(11-27-31(22)13-6-7-13)28-20(32)18-19(26)33-21(29-18)17-14(24)4-1-5-15(17)25;1-2/h1,4-5,11-13H,2-3,6-10,26H2,(H,28,32);1H/t12-;/m1./s1. The summed E-state index contributed by atoms with van der Waals surface area (Å²) in [6, 6.07) is 3.76. The molecule has 2 aromatic heterocycles. The van der Waals surface area contributed by atoms with Gasteiger partial charge in [-0.2, -0.15) is 5.10 Å². The fourth-order valence-electron chi connectivity index (χ4n) is 4.10. The Morgan fingerprint density at radius 1 is 1.17 bits per heavy atom. The second-order valence-corrected chi connectivity index (χ2v) is 9.39. The molecule has 0 radical (unpaired) electrons. The molecule has 3 aromatic rings. The maximum Gasteiger partial charge on any atom is 0.277 e. The number of aromatic nitrogens is 3. The number of nitrogen functional groups attached to an aromatic ring is 1. The zero-order valence-corrected chi connectivity index (χ0v) is 19.6. The number of alkyl halides is 1. The number of nitriles is 1. The Morgan fingerprint density at radius 2 is 1.89 bits per heavy atom. The number of carbonyl (C=O) groups is 1. The molecule has 1 aromatic carbocycles. The molecular formula is C23H24F3N7OS. The lowest BCUT2D eigenvalue weighted by molar-refractivity contribution is 0.102. The molecule has 1 atom stereocenters. The Kier molecular flexibility index (Phi) is 7.25. The summed E-state index contributed by atoms with van der Waals surface area (Å²) in [7, 11) is 0. The predicted octanol–water partition coefficient (Wildman–Crippen LogP) is 4.92. The summed E-state index contributed by atoms with van der Waals surface area (Å²) in [6.07, 6.45) is 4.37. The molecule has 0 spiro atoms. The van der Waals surface area contributed by atoms with E-state index in [1.165, 1.54) is 6.07 Å². The molecule has 8 nitrogen and oxygen atoms in total. The third-order valence-electron chi connectivity index (χ3n) is 5.91. The van der Waals surface area contributed by atoms with Crippen LogP contribution >= 0.6 is 11.3 Å². The second-order valence-electron chi connectivity index (χ2n) is 8.36. The zero-order valence-electron chi connectivity index (χ0n) is 18.8. The predicted molar refractivity (Wildman–Crippen MR) is 128 cm³/mol. The van der Waals surface area contributed by atoms with Gasteiger partial charge in [0.2, 0.25) is 0 Å². The number of nitrogens with one attached hydrogen (secondary N) is 1. The van der Waals surface area contributed by atoms with E-state index in [1.54, 1.807) is 6.20 Å². The van der Waals surface area contributed by atoms with Gasteiger partial charge in [0.15, 0.2) is 11.5 Å². The SMILES string of the molecule is C#N.Nc1sc(-c2c(F)cccc2F)nc1C(=O)Nc1cnn(C2CC2)c1N1CCC[C@@H](F)CC1. The minimum absolute atomic E-state index is 0.0105. The fourth-order valence-corrected chi connectivity index (χ4v) is 4.98. The quantitative estimate of drug-likeness (QED) is 0.511. The number of thiazole rings is 1. The number of benzene rings is 1. The number of amides is 1. The average Bonchev–Trinajstić information content (AvgIpc) is 3.55. The van der Waals surface area contributed by atoms with Crippen molar-refractivity contribution in [1.82, 2.24) is 14.8 Å². The van der Waals surface area contributed by atoms with Crippen LogP contribution in [0.25, 0.3) is 10.6 Å². The minimum atomic E-state index is -0.836. The van der Waals surface area contributed by atoms with Gasteiger partial charge in [0, 0.05) is 19.7 Å². The second kappa shape index (κ2) is 10.4. The zero-order chi connectivity index (χ0) is 25.1. The van der Waals surface area contributed by atoms with Gasteiger partial charge in [-0.3, -0.25) is 4.79 Å². The minimum Gasteiger partial charge on any atom is -0.389 e. The number of halogens is 3. The van der Waals surface area contributed by atoms with Gasteiger partial charge in [0.05, 0.1) is 17.8 Å². The van der Waals surface area contributed by atoms with E-state index >= 15 is 0 Å². The highest BCUT2D eigenvalue weighted by Crippen LogP contribution is 2.41. The maximum atomic E-state index is 14.2. The molecule has 1 saturated heterocycles. The van der Waals surface area contributed by atoms with E-state index in [1.807, 2.05) is 4.68 Å². The van der Waals surface area contributed by atoms with Crippen LogP contribution in [0.5, 0.6) is 0 Å². The number of anilines is 3. The van der Waals surface area contributed by atoms with Gasteiger partial charge in [-0.15, -0.1) is 0 Å². The highest BCUT2D eigenvalue weighted by Gasteiger charge is 2.32. The molecule has 35 heavy (non-hydrogen) atoms. The first kappa shape index (κ1) is 24.5. The maximum absolute atomic E-state index is 14.2. The summed E-state index contributed by atoms with van der Waals surface area (Å²) in [4.78, 5) is 19.2. The lowest BCUT2D eigenvalue weighted by Crippen LogP contribution is -2.28. The molecule has 1 aliphatic carbocycles. The molecule has 1 aliphatic heterocycles. The van der Waals surface area contributed by atoms with E-state index in [2.05, 4.69) is 26.9 Å². The number of hydrogen-bond acceptors (Lipinski definition) is 7. The molecule has 1 amide bonds. The van der Waals surface area contributed by atoms with Gasteiger partial charge < -0.3 is 16.0 Å². The lowest BCUT2D eigenvalue weighted by Gasteiger charge is -2.25. The van der Waals surface area contributed by atoms with Crippen molar-refractivity contribution in [2.75, 3.05) is 29.0 Å². The molecule has 2 fully saturated rings. The Labute approximate surface area is 204 Å². The molecule has 12 heteroatoms. The Morgan fingerprint density at radius 3 is 2.57 bits per heavy atom. The molecule has 5 rings (SSSR count). The van der Waals surface area contributed by atoms with Gasteiger partial charge in [-0.25, -0.2) is 28.1 Å². The molecule has 2 aliphatic rings.